The average Bonchev–Trinajstić information content (AvgIpc) is 2.97. The molecule has 2 aliphatic rings. The Hall–Kier alpha value is -0.750. The molecule has 0 saturated carbocycles. The molecule has 0 bridgehead atoms. The van der Waals surface area contributed by atoms with Gasteiger partial charge in [-0.25, -0.2) is 0 Å². The van der Waals surface area contributed by atoms with Crippen LogP contribution in [-0.2, 0) is 14.3 Å². The highest BCUT2D eigenvalue weighted by atomic mass is 32.2. The van der Waals surface area contributed by atoms with Crippen LogP contribution in [0.4, 0.5) is 0 Å². The van der Waals surface area contributed by atoms with Gasteiger partial charge in [0.25, 0.3) is 5.91 Å². The quantitative estimate of drug-likeness (QED) is 0.789. The Labute approximate surface area is 131 Å². The topological polar surface area (TPSA) is 49.9 Å². The zero-order chi connectivity index (χ0) is 15.5. The Morgan fingerprint density at radius 3 is 2.29 bits per heavy atom. The molecule has 6 heteroatoms. The number of piperazine rings is 1. The van der Waals surface area contributed by atoms with Crippen molar-refractivity contribution in [2.24, 2.45) is 0 Å². The van der Waals surface area contributed by atoms with Crippen molar-refractivity contribution < 1.29 is 14.3 Å². The number of rotatable bonds is 3. The Morgan fingerprint density at radius 1 is 1.14 bits per heavy atom. The Morgan fingerprint density at radius 2 is 1.76 bits per heavy atom. The average molecular weight is 314 g/mol. The van der Waals surface area contributed by atoms with Crippen LogP contribution in [0.25, 0.3) is 0 Å². The van der Waals surface area contributed by atoms with E-state index >= 15 is 0 Å². The van der Waals surface area contributed by atoms with Gasteiger partial charge in [-0.05, 0) is 12.8 Å². The molecule has 0 N–H and O–H groups in total. The summed E-state index contributed by atoms with van der Waals surface area (Å²) < 4.78 is 5.55. The van der Waals surface area contributed by atoms with Gasteiger partial charge in [0.1, 0.15) is 6.10 Å². The maximum Gasteiger partial charge on any atom is 0.251 e. The normalized spacial score (nSPS) is 23.5. The molecule has 1 atom stereocenters. The molecule has 0 radical (unpaired) electrons. The van der Waals surface area contributed by atoms with Gasteiger partial charge in [0, 0.05) is 37.5 Å². The molecule has 120 valence electrons. The minimum Gasteiger partial charge on any atom is -0.368 e. The maximum absolute atomic E-state index is 12.2. The molecule has 0 aromatic rings. The van der Waals surface area contributed by atoms with Crippen LogP contribution in [0.3, 0.4) is 0 Å². The Balaban J connectivity index is 1.74. The van der Waals surface area contributed by atoms with Crippen LogP contribution in [0, 0.1) is 0 Å². The Kier molecular flexibility index (Phi) is 5.54. The number of ether oxygens (including phenoxy) is 1. The number of hydrogen-bond acceptors (Lipinski definition) is 4. The van der Waals surface area contributed by atoms with Crippen LogP contribution in [0.5, 0.6) is 0 Å². The number of carbonyl (C=O) groups is 2. The van der Waals surface area contributed by atoms with Crippen molar-refractivity contribution in [3.8, 4) is 0 Å². The molecule has 2 fully saturated rings. The van der Waals surface area contributed by atoms with Gasteiger partial charge in [0.05, 0.1) is 5.75 Å². The summed E-state index contributed by atoms with van der Waals surface area (Å²) in [6.45, 7) is 9.58. The van der Waals surface area contributed by atoms with Crippen LogP contribution in [0.15, 0.2) is 0 Å². The van der Waals surface area contributed by atoms with Gasteiger partial charge in [-0.1, -0.05) is 20.8 Å². The van der Waals surface area contributed by atoms with Gasteiger partial charge in [-0.15, -0.1) is 11.8 Å². The second-order valence-electron chi connectivity index (χ2n) is 6.61. The van der Waals surface area contributed by atoms with Gasteiger partial charge in [-0.2, -0.15) is 0 Å². The summed E-state index contributed by atoms with van der Waals surface area (Å²) in [5.74, 6) is 0.797. The smallest absolute Gasteiger partial charge is 0.251 e. The third-order valence-corrected chi connectivity index (χ3v) is 5.04. The summed E-state index contributed by atoms with van der Waals surface area (Å²) in [5, 5.41) is 0. The standard InChI is InChI=1S/C15H26N2O3S/c1-15(2,3)21-11-13(18)16-6-8-17(9-7-16)14(19)12-5-4-10-20-12/h12H,4-11H2,1-3H3. The monoisotopic (exact) mass is 314 g/mol. The molecular weight excluding hydrogens is 288 g/mol. The number of amides is 2. The van der Waals surface area contributed by atoms with E-state index in [0.717, 1.165) is 12.8 Å². The van der Waals surface area contributed by atoms with Crippen molar-refractivity contribution in [2.75, 3.05) is 38.5 Å². The van der Waals surface area contributed by atoms with Crippen molar-refractivity contribution in [3.05, 3.63) is 0 Å². The third kappa shape index (κ3) is 4.88. The zero-order valence-corrected chi connectivity index (χ0v) is 14.1. The fourth-order valence-corrected chi connectivity index (χ4v) is 3.26. The summed E-state index contributed by atoms with van der Waals surface area (Å²) in [6, 6.07) is 0. The van der Waals surface area contributed by atoms with E-state index in [-0.39, 0.29) is 22.7 Å². The molecule has 5 nitrogen and oxygen atoms in total. The maximum atomic E-state index is 12.2. The fourth-order valence-electron chi connectivity index (χ4n) is 2.52. The van der Waals surface area contributed by atoms with E-state index in [1.54, 1.807) is 11.8 Å². The number of carbonyl (C=O) groups excluding carboxylic acids is 2. The summed E-state index contributed by atoms with van der Waals surface area (Å²) in [6.07, 6.45) is 1.56. The van der Waals surface area contributed by atoms with Crippen molar-refractivity contribution in [2.45, 2.75) is 44.5 Å². The predicted octanol–water partition coefficient (Wildman–Crippen LogP) is 1.37. The fraction of sp³-hybridized carbons (Fsp3) is 0.867. The van der Waals surface area contributed by atoms with Crippen molar-refractivity contribution in [3.63, 3.8) is 0 Å². The van der Waals surface area contributed by atoms with Gasteiger partial charge >= 0.3 is 0 Å². The lowest BCUT2D eigenvalue weighted by molar-refractivity contribution is -0.145. The molecule has 21 heavy (non-hydrogen) atoms. The number of nitrogens with zero attached hydrogens (tertiary/aromatic N) is 2. The first-order valence-corrected chi connectivity index (χ1v) is 8.67. The van der Waals surface area contributed by atoms with Gasteiger partial charge in [0.15, 0.2) is 0 Å². The van der Waals surface area contributed by atoms with E-state index in [1.807, 2.05) is 9.80 Å². The summed E-state index contributed by atoms with van der Waals surface area (Å²) >= 11 is 1.67. The van der Waals surface area contributed by atoms with E-state index in [1.165, 1.54) is 0 Å². The van der Waals surface area contributed by atoms with Crippen LogP contribution in [0.1, 0.15) is 33.6 Å². The molecule has 2 aliphatic heterocycles. The first-order chi connectivity index (χ1) is 9.87. The minimum absolute atomic E-state index is 0.101. The molecule has 0 aromatic carbocycles. The lowest BCUT2D eigenvalue weighted by atomic mass is 10.2. The Bertz CT molecular complexity index is 381. The molecular formula is C15H26N2O3S. The highest BCUT2D eigenvalue weighted by Crippen LogP contribution is 2.23. The molecule has 2 saturated heterocycles. The van der Waals surface area contributed by atoms with E-state index in [0.29, 0.717) is 38.5 Å². The second kappa shape index (κ2) is 7.01. The number of thioether (sulfide) groups is 1. The van der Waals surface area contributed by atoms with Crippen molar-refractivity contribution in [1.82, 2.24) is 9.80 Å². The first kappa shape index (κ1) is 16.6. The first-order valence-electron chi connectivity index (χ1n) is 7.69. The molecule has 2 amide bonds. The van der Waals surface area contributed by atoms with E-state index in [2.05, 4.69) is 20.8 Å². The van der Waals surface area contributed by atoms with Gasteiger partial charge < -0.3 is 14.5 Å². The largest absolute Gasteiger partial charge is 0.368 e. The van der Waals surface area contributed by atoms with E-state index in [4.69, 9.17) is 4.74 Å². The van der Waals surface area contributed by atoms with Crippen molar-refractivity contribution >= 4 is 23.6 Å². The van der Waals surface area contributed by atoms with Gasteiger partial charge in [0.2, 0.25) is 5.91 Å². The highest BCUT2D eigenvalue weighted by Gasteiger charge is 2.31. The highest BCUT2D eigenvalue weighted by molar-refractivity contribution is 8.01. The van der Waals surface area contributed by atoms with Crippen LogP contribution in [0.2, 0.25) is 0 Å². The minimum atomic E-state index is -0.247. The second-order valence-corrected chi connectivity index (χ2v) is 8.41. The molecule has 0 spiro atoms. The molecule has 0 aliphatic carbocycles. The lowest BCUT2D eigenvalue weighted by Crippen LogP contribution is -2.53. The molecule has 2 rings (SSSR count). The van der Waals surface area contributed by atoms with Crippen LogP contribution >= 0.6 is 11.8 Å². The zero-order valence-electron chi connectivity index (χ0n) is 13.3. The van der Waals surface area contributed by atoms with E-state index in [9.17, 15) is 9.59 Å². The van der Waals surface area contributed by atoms with Crippen LogP contribution in [-0.4, -0.2) is 71.0 Å². The van der Waals surface area contributed by atoms with Gasteiger partial charge in [-0.3, -0.25) is 9.59 Å². The lowest BCUT2D eigenvalue weighted by Gasteiger charge is -2.36. The summed E-state index contributed by atoms with van der Waals surface area (Å²) in [5.41, 5.74) is 0. The molecule has 2 heterocycles. The predicted molar refractivity (Wildman–Crippen MR) is 84.3 cm³/mol. The molecule has 0 aromatic heterocycles. The summed E-state index contributed by atoms with van der Waals surface area (Å²) in [4.78, 5) is 28.1. The van der Waals surface area contributed by atoms with E-state index < -0.39 is 0 Å². The SMILES string of the molecule is CC(C)(C)SCC(=O)N1CCN(C(=O)C2CCCO2)CC1. The number of hydrogen-bond donors (Lipinski definition) is 0. The van der Waals surface area contributed by atoms with Crippen molar-refractivity contribution in [1.29, 1.82) is 0 Å². The summed E-state index contributed by atoms with van der Waals surface area (Å²) in [7, 11) is 0. The molecule has 1 unspecified atom stereocenters. The van der Waals surface area contributed by atoms with Crippen LogP contribution < -0.4 is 0 Å². The third-order valence-electron chi connectivity index (χ3n) is 3.78.